The fraction of sp³-hybridized carbons (Fsp3) is 0.176. The number of hydrogen-bond donors (Lipinski definition) is 2. The summed E-state index contributed by atoms with van der Waals surface area (Å²) in [5.41, 5.74) is 2.19. The molecular weight excluding hydrogens is 290 g/mol. The highest BCUT2D eigenvalue weighted by Crippen LogP contribution is 2.18. The van der Waals surface area contributed by atoms with Crippen molar-refractivity contribution < 1.29 is 0 Å². The normalized spacial score (nSPS) is 10.4. The first-order valence-electron chi connectivity index (χ1n) is 7.27. The van der Waals surface area contributed by atoms with Gasteiger partial charge in [0.2, 0.25) is 0 Å². The molecule has 3 aromatic rings. The maximum Gasteiger partial charge on any atom is 0.266 e. The molecule has 0 unspecified atom stereocenters. The second kappa shape index (κ2) is 6.28. The zero-order valence-electron chi connectivity index (χ0n) is 12.6. The number of nitrogens with one attached hydrogen (secondary N) is 2. The molecule has 6 heteroatoms. The number of pyridine rings is 1. The smallest absolute Gasteiger partial charge is 0.266 e. The SMILES string of the molecule is Cc1[nH]c(=O)c(C#N)cc1-c1n[nH]c(CCc2ccccc2)n1. The van der Waals surface area contributed by atoms with Gasteiger partial charge in [0, 0.05) is 17.7 Å². The third-order valence-electron chi connectivity index (χ3n) is 3.62. The van der Waals surface area contributed by atoms with E-state index in [9.17, 15) is 4.79 Å². The van der Waals surface area contributed by atoms with Crippen molar-refractivity contribution in [2.24, 2.45) is 0 Å². The summed E-state index contributed by atoms with van der Waals surface area (Å²) in [6.07, 6.45) is 1.61. The van der Waals surface area contributed by atoms with E-state index in [1.54, 1.807) is 6.92 Å². The number of benzene rings is 1. The molecule has 0 amide bonds. The number of nitriles is 1. The molecule has 114 valence electrons. The van der Waals surface area contributed by atoms with Crippen molar-refractivity contribution >= 4 is 0 Å². The topological polar surface area (TPSA) is 98.2 Å². The van der Waals surface area contributed by atoms with Crippen molar-refractivity contribution in [3.05, 3.63) is 69.4 Å². The Bertz CT molecular complexity index is 918. The van der Waals surface area contributed by atoms with E-state index >= 15 is 0 Å². The number of aromatic nitrogens is 4. The van der Waals surface area contributed by atoms with Crippen LogP contribution in [0.4, 0.5) is 0 Å². The summed E-state index contributed by atoms with van der Waals surface area (Å²) in [5.74, 6) is 1.26. The lowest BCUT2D eigenvalue weighted by molar-refractivity contribution is 0.865. The van der Waals surface area contributed by atoms with Crippen LogP contribution >= 0.6 is 0 Å². The van der Waals surface area contributed by atoms with E-state index in [0.717, 1.165) is 18.7 Å². The summed E-state index contributed by atoms with van der Waals surface area (Å²) in [6, 6.07) is 13.6. The second-order valence-electron chi connectivity index (χ2n) is 5.25. The molecule has 23 heavy (non-hydrogen) atoms. The first-order chi connectivity index (χ1) is 11.2. The molecule has 0 atom stereocenters. The molecule has 2 heterocycles. The summed E-state index contributed by atoms with van der Waals surface area (Å²) in [4.78, 5) is 18.7. The Morgan fingerprint density at radius 2 is 2.00 bits per heavy atom. The third-order valence-corrected chi connectivity index (χ3v) is 3.62. The maximum atomic E-state index is 11.6. The van der Waals surface area contributed by atoms with Gasteiger partial charge in [-0.1, -0.05) is 30.3 Å². The predicted molar refractivity (Wildman–Crippen MR) is 85.7 cm³/mol. The molecule has 3 rings (SSSR count). The third kappa shape index (κ3) is 3.19. The lowest BCUT2D eigenvalue weighted by atomic mass is 10.1. The van der Waals surface area contributed by atoms with Gasteiger partial charge in [0.25, 0.3) is 5.56 Å². The van der Waals surface area contributed by atoms with Crippen molar-refractivity contribution in [3.8, 4) is 17.5 Å². The van der Waals surface area contributed by atoms with Crippen LogP contribution in [0.3, 0.4) is 0 Å². The van der Waals surface area contributed by atoms with Crippen LogP contribution in [0.2, 0.25) is 0 Å². The number of nitrogens with zero attached hydrogens (tertiary/aromatic N) is 3. The van der Waals surface area contributed by atoms with Crippen LogP contribution in [-0.2, 0) is 12.8 Å². The van der Waals surface area contributed by atoms with Crippen molar-refractivity contribution in [2.75, 3.05) is 0 Å². The predicted octanol–water partition coefficient (Wildman–Crippen LogP) is 2.13. The fourth-order valence-electron chi connectivity index (χ4n) is 2.37. The van der Waals surface area contributed by atoms with E-state index in [4.69, 9.17) is 5.26 Å². The molecule has 0 aliphatic heterocycles. The van der Waals surface area contributed by atoms with Crippen LogP contribution < -0.4 is 5.56 Å². The average molecular weight is 305 g/mol. The second-order valence-corrected chi connectivity index (χ2v) is 5.25. The summed E-state index contributed by atoms with van der Waals surface area (Å²) in [7, 11) is 0. The van der Waals surface area contributed by atoms with Gasteiger partial charge in [-0.15, -0.1) is 0 Å². The molecule has 0 bridgehead atoms. The average Bonchev–Trinajstić information content (AvgIpc) is 3.03. The van der Waals surface area contributed by atoms with Crippen molar-refractivity contribution in [1.29, 1.82) is 5.26 Å². The van der Waals surface area contributed by atoms with E-state index in [1.165, 1.54) is 11.6 Å². The molecule has 0 radical (unpaired) electrons. The van der Waals surface area contributed by atoms with Gasteiger partial charge >= 0.3 is 0 Å². The minimum Gasteiger partial charge on any atom is -0.325 e. The molecule has 2 aromatic heterocycles. The largest absolute Gasteiger partial charge is 0.325 e. The highest BCUT2D eigenvalue weighted by atomic mass is 16.1. The lowest BCUT2D eigenvalue weighted by Gasteiger charge is -2.01. The zero-order chi connectivity index (χ0) is 16.2. The van der Waals surface area contributed by atoms with Gasteiger partial charge in [0.15, 0.2) is 5.82 Å². The maximum absolute atomic E-state index is 11.6. The van der Waals surface area contributed by atoms with Gasteiger partial charge in [0.1, 0.15) is 17.5 Å². The van der Waals surface area contributed by atoms with Crippen molar-refractivity contribution in [1.82, 2.24) is 20.2 Å². The van der Waals surface area contributed by atoms with Gasteiger partial charge in [-0.3, -0.25) is 9.89 Å². The molecule has 0 fully saturated rings. The Morgan fingerprint density at radius 1 is 1.22 bits per heavy atom. The Morgan fingerprint density at radius 3 is 2.74 bits per heavy atom. The van der Waals surface area contributed by atoms with Crippen LogP contribution in [0.25, 0.3) is 11.4 Å². The molecule has 0 aliphatic carbocycles. The van der Waals surface area contributed by atoms with Gasteiger partial charge in [-0.05, 0) is 25.0 Å². The molecule has 0 spiro atoms. The van der Waals surface area contributed by atoms with Crippen LogP contribution in [-0.4, -0.2) is 20.2 Å². The molecule has 0 saturated carbocycles. The zero-order valence-corrected chi connectivity index (χ0v) is 12.6. The van der Waals surface area contributed by atoms with Crippen LogP contribution in [0.1, 0.15) is 22.6 Å². The Kier molecular flexibility index (Phi) is 4.02. The molecular formula is C17H15N5O. The molecule has 0 saturated heterocycles. The monoisotopic (exact) mass is 305 g/mol. The number of hydrogen-bond acceptors (Lipinski definition) is 4. The summed E-state index contributed by atoms with van der Waals surface area (Å²) in [6.45, 7) is 1.76. The Labute approximate surface area is 132 Å². The Balaban J connectivity index is 1.82. The number of rotatable bonds is 4. The van der Waals surface area contributed by atoms with Gasteiger partial charge < -0.3 is 4.98 Å². The van der Waals surface area contributed by atoms with Gasteiger partial charge in [-0.2, -0.15) is 10.4 Å². The minimum atomic E-state index is -0.395. The Hall–Kier alpha value is -3.20. The lowest BCUT2D eigenvalue weighted by Crippen LogP contribution is -2.12. The number of aryl methyl sites for hydroxylation is 3. The van der Waals surface area contributed by atoms with Gasteiger partial charge in [0.05, 0.1) is 0 Å². The van der Waals surface area contributed by atoms with E-state index in [-0.39, 0.29) is 5.56 Å². The standard InChI is InChI=1S/C17H15N5O/c1-11-14(9-13(10-18)17(23)19-11)16-20-15(21-22-16)8-7-12-5-3-2-4-6-12/h2-6,9H,7-8H2,1H3,(H,19,23)(H,20,21,22). The van der Waals surface area contributed by atoms with E-state index in [1.807, 2.05) is 24.3 Å². The molecule has 6 nitrogen and oxygen atoms in total. The first kappa shape index (κ1) is 14.7. The fourth-order valence-corrected chi connectivity index (χ4v) is 2.37. The molecule has 1 aromatic carbocycles. The first-order valence-corrected chi connectivity index (χ1v) is 7.27. The number of aromatic amines is 2. The summed E-state index contributed by atoms with van der Waals surface area (Å²) in [5, 5.41) is 16.1. The van der Waals surface area contributed by atoms with E-state index < -0.39 is 5.56 Å². The molecule has 2 N–H and O–H groups in total. The summed E-state index contributed by atoms with van der Waals surface area (Å²) < 4.78 is 0. The quantitative estimate of drug-likeness (QED) is 0.771. The highest BCUT2D eigenvalue weighted by Gasteiger charge is 2.12. The van der Waals surface area contributed by atoms with Crippen LogP contribution in [0.15, 0.2) is 41.2 Å². The van der Waals surface area contributed by atoms with Crippen molar-refractivity contribution in [3.63, 3.8) is 0 Å². The van der Waals surface area contributed by atoms with Crippen LogP contribution in [0.5, 0.6) is 0 Å². The van der Waals surface area contributed by atoms with E-state index in [2.05, 4.69) is 32.3 Å². The van der Waals surface area contributed by atoms with Gasteiger partial charge in [-0.25, -0.2) is 4.98 Å². The summed E-state index contributed by atoms with van der Waals surface area (Å²) >= 11 is 0. The van der Waals surface area contributed by atoms with Crippen molar-refractivity contribution in [2.45, 2.75) is 19.8 Å². The van der Waals surface area contributed by atoms with E-state index in [0.29, 0.717) is 17.1 Å². The highest BCUT2D eigenvalue weighted by molar-refractivity contribution is 5.59. The van der Waals surface area contributed by atoms with Crippen LogP contribution in [0, 0.1) is 18.3 Å². The number of H-pyrrole nitrogens is 2. The molecule has 0 aliphatic rings. The minimum absolute atomic E-state index is 0.0567.